The van der Waals surface area contributed by atoms with Gasteiger partial charge in [-0.2, -0.15) is 5.26 Å². The highest BCUT2D eigenvalue weighted by Crippen LogP contribution is 2.22. The summed E-state index contributed by atoms with van der Waals surface area (Å²) in [4.78, 5) is 11.7. The molecule has 1 rings (SSSR count). The van der Waals surface area contributed by atoms with E-state index >= 15 is 0 Å². The zero-order valence-corrected chi connectivity index (χ0v) is 10.9. The van der Waals surface area contributed by atoms with E-state index in [1.165, 1.54) is 0 Å². The van der Waals surface area contributed by atoms with Gasteiger partial charge in [0.2, 0.25) is 0 Å². The minimum atomic E-state index is -0.516. The highest BCUT2D eigenvalue weighted by molar-refractivity contribution is 6.18. The molecule has 0 saturated heterocycles. The molecule has 17 heavy (non-hydrogen) atoms. The average Bonchev–Trinajstić information content (AvgIpc) is 2.36. The van der Waals surface area contributed by atoms with Crippen molar-refractivity contribution in [2.75, 3.05) is 5.88 Å². The summed E-state index contributed by atoms with van der Waals surface area (Å²) in [6.45, 7) is 3.72. The van der Waals surface area contributed by atoms with E-state index in [2.05, 4.69) is 6.07 Å². The van der Waals surface area contributed by atoms with Gasteiger partial charge in [-0.15, -0.1) is 11.6 Å². The van der Waals surface area contributed by atoms with Crippen molar-refractivity contribution < 1.29 is 4.79 Å². The van der Waals surface area contributed by atoms with Crippen LogP contribution in [-0.2, 0) is 5.41 Å². The minimum Gasteiger partial charge on any atom is -0.294 e. The van der Waals surface area contributed by atoms with Gasteiger partial charge in [-0.05, 0) is 25.8 Å². The van der Waals surface area contributed by atoms with E-state index in [-0.39, 0.29) is 5.78 Å². The molecule has 0 atom stereocenters. The van der Waals surface area contributed by atoms with Crippen LogP contribution in [-0.4, -0.2) is 11.7 Å². The first-order chi connectivity index (χ1) is 8.01. The van der Waals surface area contributed by atoms with Crippen molar-refractivity contribution in [1.82, 2.24) is 0 Å². The van der Waals surface area contributed by atoms with Crippen molar-refractivity contribution >= 4 is 17.4 Å². The van der Waals surface area contributed by atoms with Crippen LogP contribution in [0.3, 0.4) is 0 Å². The fourth-order valence-electron chi connectivity index (χ4n) is 1.51. The van der Waals surface area contributed by atoms with Crippen LogP contribution in [0, 0.1) is 11.3 Å². The van der Waals surface area contributed by atoms with E-state index in [1.807, 2.05) is 26.0 Å². The molecule has 0 radical (unpaired) electrons. The summed E-state index contributed by atoms with van der Waals surface area (Å²) in [5, 5.41) is 9.01. The maximum Gasteiger partial charge on any atom is 0.162 e. The molecule has 0 fully saturated rings. The molecular weight excluding hydrogens is 234 g/mol. The third-order valence-corrected chi connectivity index (χ3v) is 3.01. The summed E-state index contributed by atoms with van der Waals surface area (Å²) in [5.41, 5.74) is 1.10. The summed E-state index contributed by atoms with van der Waals surface area (Å²) in [6.07, 6.45) is 1.18. The first-order valence-corrected chi connectivity index (χ1v) is 6.15. The number of halogens is 1. The summed E-state index contributed by atoms with van der Waals surface area (Å²) in [7, 11) is 0. The molecule has 1 aromatic rings. The molecule has 0 N–H and O–H groups in total. The summed E-state index contributed by atoms with van der Waals surface area (Å²) in [5.74, 6) is 0.609. The molecule has 0 saturated carbocycles. The number of rotatable bonds is 5. The number of nitrogens with zero attached hydrogens (tertiary/aromatic N) is 1. The Kier molecular flexibility index (Phi) is 4.72. The normalized spacial score (nSPS) is 10.9. The lowest BCUT2D eigenvalue weighted by atomic mass is 9.86. The number of benzene rings is 1. The van der Waals surface area contributed by atoms with Crippen molar-refractivity contribution in [2.45, 2.75) is 32.1 Å². The zero-order chi connectivity index (χ0) is 12.9. The van der Waals surface area contributed by atoms with Crippen molar-refractivity contribution in [2.24, 2.45) is 0 Å². The average molecular weight is 250 g/mol. The molecule has 0 aliphatic rings. The minimum absolute atomic E-state index is 0.104. The first kappa shape index (κ1) is 13.7. The number of hydrogen-bond acceptors (Lipinski definition) is 2. The number of alkyl halides is 1. The van der Waals surface area contributed by atoms with Crippen LogP contribution < -0.4 is 0 Å². The number of carbonyl (C=O) groups excluding carboxylic acids is 1. The number of Topliss-reactive ketones (excluding diaryl/α,β-unsaturated/α-hetero) is 1. The fraction of sp³-hybridized carbons (Fsp3) is 0.429. The Morgan fingerprint density at radius 2 is 1.94 bits per heavy atom. The number of carbonyl (C=O) groups is 1. The van der Waals surface area contributed by atoms with Crippen molar-refractivity contribution in [1.29, 1.82) is 5.26 Å². The Labute approximate surface area is 107 Å². The molecular formula is C14H16ClNO. The Balaban J connectivity index is 2.82. The van der Waals surface area contributed by atoms with Gasteiger partial charge < -0.3 is 0 Å². The second-order valence-corrected chi connectivity index (χ2v) is 4.91. The van der Waals surface area contributed by atoms with E-state index < -0.39 is 5.41 Å². The lowest BCUT2D eigenvalue weighted by Crippen LogP contribution is -2.13. The van der Waals surface area contributed by atoms with Crippen molar-refractivity contribution in [3.8, 4) is 6.07 Å². The molecule has 0 amide bonds. The van der Waals surface area contributed by atoms with Gasteiger partial charge in [0.25, 0.3) is 0 Å². The van der Waals surface area contributed by atoms with Crippen LogP contribution in [0.15, 0.2) is 24.3 Å². The van der Waals surface area contributed by atoms with Gasteiger partial charge in [-0.1, -0.05) is 24.3 Å². The van der Waals surface area contributed by atoms with Crippen molar-refractivity contribution in [3.63, 3.8) is 0 Å². The van der Waals surface area contributed by atoms with Gasteiger partial charge in [0, 0.05) is 17.9 Å². The third kappa shape index (κ3) is 3.57. The molecule has 0 spiro atoms. The molecule has 0 aliphatic carbocycles. The molecule has 0 heterocycles. The van der Waals surface area contributed by atoms with E-state index in [4.69, 9.17) is 16.9 Å². The predicted molar refractivity (Wildman–Crippen MR) is 69.4 cm³/mol. The lowest BCUT2D eigenvalue weighted by Gasteiger charge is -2.15. The maximum atomic E-state index is 11.7. The Morgan fingerprint density at radius 3 is 2.41 bits per heavy atom. The van der Waals surface area contributed by atoms with Gasteiger partial charge in [0.1, 0.15) is 0 Å². The van der Waals surface area contributed by atoms with Crippen LogP contribution in [0.25, 0.3) is 0 Å². The quantitative estimate of drug-likeness (QED) is 0.590. The molecule has 2 nitrogen and oxygen atoms in total. The second kappa shape index (κ2) is 5.84. The van der Waals surface area contributed by atoms with E-state index in [0.29, 0.717) is 24.3 Å². The standard InChI is InChI=1S/C14H16ClNO/c1-14(2,10-16)12-7-5-11(6-8-12)13(17)4-3-9-15/h5-8H,3-4,9H2,1-2H3. The van der Waals surface area contributed by atoms with E-state index in [1.54, 1.807) is 12.1 Å². The SMILES string of the molecule is CC(C)(C#N)c1ccc(C(=O)CCCCl)cc1. The molecule has 1 aromatic carbocycles. The molecule has 0 aliphatic heterocycles. The van der Waals surface area contributed by atoms with Gasteiger partial charge in [0.05, 0.1) is 11.5 Å². The van der Waals surface area contributed by atoms with Crippen LogP contribution in [0.5, 0.6) is 0 Å². The van der Waals surface area contributed by atoms with Gasteiger partial charge >= 0.3 is 0 Å². The fourth-order valence-corrected chi connectivity index (χ4v) is 1.64. The maximum absolute atomic E-state index is 11.7. The zero-order valence-electron chi connectivity index (χ0n) is 10.2. The Bertz CT molecular complexity index is 429. The van der Waals surface area contributed by atoms with Crippen LogP contribution in [0.4, 0.5) is 0 Å². The molecule has 0 aromatic heterocycles. The first-order valence-electron chi connectivity index (χ1n) is 5.62. The van der Waals surface area contributed by atoms with Crippen LogP contribution >= 0.6 is 11.6 Å². The molecule has 3 heteroatoms. The highest BCUT2D eigenvalue weighted by atomic mass is 35.5. The smallest absolute Gasteiger partial charge is 0.162 e. The van der Waals surface area contributed by atoms with Gasteiger partial charge in [-0.3, -0.25) is 4.79 Å². The van der Waals surface area contributed by atoms with E-state index in [0.717, 1.165) is 5.56 Å². The highest BCUT2D eigenvalue weighted by Gasteiger charge is 2.19. The number of nitriles is 1. The number of ketones is 1. The monoisotopic (exact) mass is 249 g/mol. The van der Waals surface area contributed by atoms with Gasteiger partial charge in [-0.25, -0.2) is 0 Å². The Hall–Kier alpha value is -1.33. The van der Waals surface area contributed by atoms with Crippen LogP contribution in [0.1, 0.15) is 42.6 Å². The molecule has 0 bridgehead atoms. The molecule has 0 unspecified atom stereocenters. The lowest BCUT2D eigenvalue weighted by molar-refractivity contribution is 0.0982. The summed E-state index contributed by atoms with van der Waals surface area (Å²) in [6, 6.07) is 9.49. The topological polar surface area (TPSA) is 40.9 Å². The van der Waals surface area contributed by atoms with Crippen LogP contribution in [0.2, 0.25) is 0 Å². The summed E-state index contributed by atoms with van der Waals surface area (Å²) < 4.78 is 0. The Morgan fingerprint density at radius 1 is 1.35 bits per heavy atom. The van der Waals surface area contributed by atoms with Gasteiger partial charge in [0.15, 0.2) is 5.78 Å². The van der Waals surface area contributed by atoms with E-state index in [9.17, 15) is 4.79 Å². The predicted octanol–water partition coefficient (Wildman–Crippen LogP) is 3.69. The largest absolute Gasteiger partial charge is 0.294 e. The summed E-state index contributed by atoms with van der Waals surface area (Å²) >= 11 is 5.55. The second-order valence-electron chi connectivity index (χ2n) is 4.53. The van der Waals surface area contributed by atoms with Crippen molar-refractivity contribution in [3.05, 3.63) is 35.4 Å². The third-order valence-electron chi connectivity index (χ3n) is 2.75. The number of hydrogen-bond donors (Lipinski definition) is 0. The molecule has 90 valence electrons.